The van der Waals surface area contributed by atoms with Crippen LogP contribution in [0.15, 0.2) is 18.2 Å². The van der Waals surface area contributed by atoms with E-state index in [4.69, 9.17) is 21.4 Å². The van der Waals surface area contributed by atoms with Crippen molar-refractivity contribution in [2.45, 2.75) is 13.0 Å². The quantitative estimate of drug-likeness (QED) is 0.896. The van der Waals surface area contributed by atoms with Crippen molar-refractivity contribution in [3.05, 3.63) is 28.8 Å². The molecular formula is C13H18ClNO2. The zero-order valence-electron chi connectivity index (χ0n) is 10.0. The Balaban J connectivity index is 2.08. The molecule has 1 aromatic rings. The number of rotatable bonds is 4. The lowest BCUT2D eigenvalue weighted by atomic mass is 10.1. The average Bonchev–Trinajstić information content (AvgIpc) is 2.78. The molecule has 1 saturated heterocycles. The highest BCUT2D eigenvalue weighted by atomic mass is 35.5. The van der Waals surface area contributed by atoms with Crippen LogP contribution in [-0.2, 0) is 11.3 Å². The first-order valence-electron chi connectivity index (χ1n) is 5.87. The summed E-state index contributed by atoms with van der Waals surface area (Å²) in [5, 5.41) is 9.76. The molecule has 0 saturated carbocycles. The summed E-state index contributed by atoms with van der Waals surface area (Å²) in [7, 11) is 1.74. The lowest BCUT2D eigenvalue weighted by Gasteiger charge is -2.20. The highest BCUT2D eigenvalue weighted by molar-refractivity contribution is 6.33. The Morgan fingerprint density at radius 2 is 2.35 bits per heavy atom. The SMILES string of the molecule is COCC1CCN(c2ccc(CO)cc2Cl)C1. The third kappa shape index (κ3) is 2.92. The molecule has 2 rings (SSSR count). The first-order valence-corrected chi connectivity index (χ1v) is 6.25. The molecule has 17 heavy (non-hydrogen) atoms. The van der Waals surface area contributed by atoms with Crippen LogP contribution in [0.25, 0.3) is 0 Å². The number of anilines is 1. The van der Waals surface area contributed by atoms with E-state index >= 15 is 0 Å². The van der Waals surface area contributed by atoms with Crippen LogP contribution in [0.2, 0.25) is 5.02 Å². The molecule has 0 aromatic heterocycles. The number of nitrogens with zero attached hydrogens (tertiary/aromatic N) is 1. The minimum atomic E-state index is 0.0340. The van der Waals surface area contributed by atoms with E-state index in [0.29, 0.717) is 5.92 Å². The highest BCUT2D eigenvalue weighted by Gasteiger charge is 2.23. The largest absolute Gasteiger partial charge is 0.392 e. The summed E-state index contributed by atoms with van der Waals surface area (Å²) in [4.78, 5) is 2.28. The second-order valence-corrected chi connectivity index (χ2v) is 4.91. The Kier molecular flexibility index (Phi) is 4.26. The second-order valence-electron chi connectivity index (χ2n) is 4.50. The first kappa shape index (κ1) is 12.7. The van der Waals surface area contributed by atoms with E-state index in [9.17, 15) is 0 Å². The van der Waals surface area contributed by atoms with Crippen LogP contribution < -0.4 is 4.90 Å². The van der Waals surface area contributed by atoms with Crippen molar-refractivity contribution >= 4 is 17.3 Å². The lowest BCUT2D eigenvalue weighted by molar-refractivity contribution is 0.161. The Hall–Kier alpha value is -0.770. The van der Waals surface area contributed by atoms with Crippen LogP contribution in [-0.4, -0.2) is 31.9 Å². The van der Waals surface area contributed by atoms with Gasteiger partial charge in [0.1, 0.15) is 0 Å². The molecular weight excluding hydrogens is 238 g/mol. The van der Waals surface area contributed by atoms with Gasteiger partial charge in [0, 0.05) is 26.1 Å². The molecule has 0 bridgehead atoms. The highest BCUT2D eigenvalue weighted by Crippen LogP contribution is 2.31. The molecule has 1 aliphatic rings. The van der Waals surface area contributed by atoms with Gasteiger partial charge in [0.25, 0.3) is 0 Å². The molecule has 1 N–H and O–H groups in total. The third-order valence-corrected chi connectivity index (χ3v) is 3.53. The van der Waals surface area contributed by atoms with Crippen LogP contribution >= 0.6 is 11.6 Å². The van der Waals surface area contributed by atoms with Gasteiger partial charge in [-0.15, -0.1) is 0 Å². The Morgan fingerprint density at radius 1 is 1.53 bits per heavy atom. The Bertz CT molecular complexity index is 384. The molecule has 1 fully saturated rings. The van der Waals surface area contributed by atoms with Crippen LogP contribution in [0.4, 0.5) is 5.69 Å². The normalized spacial score (nSPS) is 19.9. The zero-order valence-corrected chi connectivity index (χ0v) is 10.8. The van der Waals surface area contributed by atoms with Crippen LogP contribution in [0.1, 0.15) is 12.0 Å². The molecule has 1 unspecified atom stereocenters. The fourth-order valence-corrected chi connectivity index (χ4v) is 2.65. The van der Waals surface area contributed by atoms with Crippen LogP contribution in [0.5, 0.6) is 0 Å². The van der Waals surface area contributed by atoms with Crippen molar-refractivity contribution in [1.29, 1.82) is 0 Å². The van der Waals surface area contributed by atoms with Gasteiger partial charge in [-0.3, -0.25) is 0 Å². The van der Waals surface area contributed by atoms with Gasteiger partial charge in [0.05, 0.1) is 23.9 Å². The molecule has 3 nitrogen and oxygen atoms in total. The van der Waals surface area contributed by atoms with Gasteiger partial charge >= 0.3 is 0 Å². The van der Waals surface area contributed by atoms with Crippen molar-refractivity contribution in [3.63, 3.8) is 0 Å². The summed E-state index contributed by atoms with van der Waals surface area (Å²) in [5.74, 6) is 0.591. The number of aliphatic hydroxyl groups is 1. The Labute approximate surface area is 107 Å². The van der Waals surface area contributed by atoms with E-state index in [1.807, 2.05) is 18.2 Å². The van der Waals surface area contributed by atoms with E-state index in [2.05, 4.69) is 4.90 Å². The summed E-state index contributed by atoms with van der Waals surface area (Å²) in [6.45, 7) is 2.85. The summed E-state index contributed by atoms with van der Waals surface area (Å²) in [6.07, 6.45) is 1.14. The van der Waals surface area contributed by atoms with Gasteiger partial charge < -0.3 is 14.7 Å². The smallest absolute Gasteiger partial charge is 0.0682 e. The average molecular weight is 256 g/mol. The number of hydrogen-bond acceptors (Lipinski definition) is 3. The minimum absolute atomic E-state index is 0.0340. The monoisotopic (exact) mass is 255 g/mol. The number of aliphatic hydroxyl groups excluding tert-OH is 1. The van der Waals surface area contributed by atoms with E-state index in [1.54, 1.807) is 7.11 Å². The molecule has 0 spiro atoms. The summed E-state index contributed by atoms with van der Waals surface area (Å²) in [5.41, 5.74) is 1.91. The maximum atomic E-state index is 9.04. The molecule has 1 aliphatic heterocycles. The fraction of sp³-hybridized carbons (Fsp3) is 0.538. The fourth-order valence-electron chi connectivity index (χ4n) is 2.33. The van der Waals surface area contributed by atoms with Gasteiger partial charge in [0.2, 0.25) is 0 Å². The van der Waals surface area contributed by atoms with Crippen LogP contribution in [0, 0.1) is 5.92 Å². The first-order chi connectivity index (χ1) is 8.24. The number of methoxy groups -OCH3 is 1. The van der Waals surface area contributed by atoms with Gasteiger partial charge in [-0.05, 0) is 24.1 Å². The van der Waals surface area contributed by atoms with Gasteiger partial charge in [0.15, 0.2) is 0 Å². The van der Waals surface area contributed by atoms with Crippen molar-refractivity contribution in [2.24, 2.45) is 5.92 Å². The van der Waals surface area contributed by atoms with E-state index in [0.717, 1.165) is 42.4 Å². The molecule has 1 atom stereocenters. The standard InChI is InChI=1S/C13H18ClNO2/c1-17-9-11-4-5-15(7-11)13-3-2-10(8-16)6-12(13)14/h2-3,6,11,16H,4-5,7-9H2,1H3. The minimum Gasteiger partial charge on any atom is -0.392 e. The van der Waals surface area contributed by atoms with Crippen LogP contribution in [0.3, 0.4) is 0 Å². The molecule has 0 amide bonds. The van der Waals surface area contributed by atoms with E-state index < -0.39 is 0 Å². The topological polar surface area (TPSA) is 32.7 Å². The zero-order chi connectivity index (χ0) is 12.3. The summed E-state index contributed by atoms with van der Waals surface area (Å²) < 4.78 is 5.18. The predicted octanol–water partition coefficient (Wildman–Crippen LogP) is 2.31. The molecule has 0 aliphatic carbocycles. The number of halogens is 1. The number of ether oxygens (including phenoxy) is 1. The Morgan fingerprint density at radius 3 is 3.00 bits per heavy atom. The lowest BCUT2D eigenvalue weighted by Crippen LogP contribution is -2.21. The molecule has 0 radical (unpaired) electrons. The molecule has 1 heterocycles. The molecule has 94 valence electrons. The number of benzene rings is 1. The summed E-state index contributed by atoms with van der Waals surface area (Å²) in [6, 6.07) is 5.74. The maximum Gasteiger partial charge on any atom is 0.0682 e. The summed E-state index contributed by atoms with van der Waals surface area (Å²) >= 11 is 6.23. The third-order valence-electron chi connectivity index (χ3n) is 3.22. The van der Waals surface area contributed by atoms with E-state index in [1.165, 1.54) is 0 Å². The van der Waals surface area contributed by atoms with Crippen molar-refractivity contribution in [1.82, 2.24) is 0 Å². The molecule has 1 aromatic carbocycles. The number of hydrogen-bond donors (Lipinski definition) is 1. The molecule has 4 heteroatoms. The van der Waals surface area contributed by atoms with Gasteiger partial charge in [-0.1, -0.05) is 17.7 Å². The van der Waals surface area contributed by atoms with Crippen molar-refractivity contribution in [3.8, 4) is 0 Å². The van der Waals surface area contributed by atoms with E-state index in [-0.39, 0.29) is 6.61 Å². The second kappa shape index (κ2) is 5.71. The van der Waals surface area contributed by atoms with Crippen molar-refractivity contribution in [2.75, 3.05) is 31.7 Å². The van der Waals surface area contributed by atoms with Gasteiger partial charge in [-0.2, -0.15) is 0 Å². The van der Waals surface area contributed by atoms with Gasteiger partial charge in [-0.25, -0.2) is 0 Å². The maximum absolute atomic E-state index is 9.04. The predicted molar refractivity (Wildman–Crippen MR) is 69.6 cm³/mol. The van der Waals surface area contributed by atoms with Crippen molar-refractivity contribution < 1.29 is 9.84 Å².